The van der Waals surface area contributed by atoms with Gasteiger partial charge in [0, 0.05) is 50.1 Å². The Hall–Kier alpha value is -2.42. The van der Waals surface area contributed by atoms with E-state index in [1.807, 2.05) is 35.2 Å². The lowest BCUT2D eigenvalue weighted by molar-refractivity contribution is -0.130. The summed E-state index contributed by atoms with van der Waals surface area (Å²) in [6.07, 6.45) is 3.35. The summed E-state index contributed by atoms with van der Waals surface area (Å²) < 4.78 is 5.61. The highest BCUT2D eigenvalue weighted by atomic mass is 35.5. The monoisotopic (exact) mass is 429 g/mol. The van der Waals surface area contributed by atoms with Crippen molar-refractivity contribution in [2.75, 3.05) is 31.9 Å². The molecule has 1 aliphatic heterocycles. The van der Waals surface area contributed by atoms with Gasteiger partial charge in [0.15, 0.2) is 0 Å². The lowest BCUT2D eigenvalue weighted by Crippen LogP contribution is -2.48. The minimum Gasteiger partial charge on any atom is -0.411 e. The summed E-state index contributed by atoms with van der Waals surface area (Å²) in [4.78, 5) is 20.8. The van der Waals surface area contributed by atoms with Crippen LogP contribution in [-0.2, 0) is 11.3 Å². The first-order valence-corrected chi connectivity index (χ1v) is 10.6. The number of hydrogen-bond donors (Lipinski definition) is 0. The van der Waals surface area contributed by atoms with Crippen molar-refractivity contribution in [2.45, 2.75) is 11.8 Å². The summed E-state index contributed by atoms with van der Waals surface area (Å²) in [5, 5.41) is 9.16. The van der Waals surface area contributed by atoms with E-state index in [0.717, 1.165) is 30.2 Å². The molecule has 0 spiro atoms. The standard InChI is InChI=1S/C20H20ClN5O2S/c21-17-5-1-3-15(11-17)13-25-7-9-26(10-8-25)18(27)14-29-20-24-23-19(28-20)16-4-2-6-22-12-16/h1-6,11-12H,7-10,13-14H2. The first kappa shape index (κ1) is 19.9. The number of thioether (sulfide) groups is 1. The highest BCUT2D eigenvalue weighted by molar-refractivity contribution is 7.99. The van der Waals surface area contributed by atoms with Crippen LogP contribution >= 0.6 is 23.4 Å². The van der Waals surface area contributed by atoms with Crippen LogP contribution in [-0.4, -0.2) is 62.8 Å². The Morgan fingerprint density at radius 3 is 2.76 bits per heavy atom. The smallest absolute Gasteiger partial charge is 0.277 e. The van der Waals surface area contributed by atoms with E-state index in [-0.39, 0.29) is 11.7 Å². The fourth-order valence-corrected chi connectivity index (χ4v) is 4.02. The zero-order valence-electron chi connectivity index (χ0n) is 15.7. The van der Waals surface area contributed by atoms with Crippen LogP contribution in [0.3, 0.4) is 0 Å². The van der Waals surface area contributed by atoms with E-state index >= 15 is 0 Å². The second-order valence-electron chi connectivity index (χ2n) is 6.69. The van der Waals surface area contributed by atoms with Crippen molar-refractivity contribution < 1.29 is 9.21 Å². The molecule has 0 unspecified atom stereocenters. The number of nitrogens with zero attached hydrogens (tertiary/aromatic N) is 5. The lowest BCUT2D eigenvalue weighted by Gasteiger charge is -2.34. The molecule has 9 heteroatoms. The van der Waals surface area contributed by atoms with Crippen LogP contribution < -0.4 is 0 Å². The van der Waals surface area contributed by atoms with Crippen molar-refractivity contribution in [3.63, 3.8) is 0 Å². The van der Waals surface area contributed by atoms with Crippen molar-refractivity contribution in [3.8, 4) is 11.5 Å². The Morgan fingerprint density at radius 1 is 1.14 bits per heavy atom. The van der Waals surface area contributed by atoms with Crippen molar-refractivity contribution in [1.29, 1.82) is 0 Å². The molecule has 1 amide bonds. The molecule has 0 bridgehead atoms. The molecule has 2 aromatic heterocycles. The third kappa shape index (κ3) is 5.35. The number of aromatic nitrogens is 3. The highest BCUT2D eigenvalue weighted by Crippen LogP contribution is 2.23. The molecule has 1 aromatic carbocycles. The Balaban J connectivity index is 1.24. The largest absolute Gasteiger partial charge is 0.411 e. The van der Waals surface area contributed by atoms with Gasteiger partial charge in [0.1, 0.15) is 0 Å². The van der Waals surface area contributed by atoms with Crippen LogP contribution in [0.2, 0.25) is 5.02 Å². The fourth-order valence-electron chi connectivity index (χ4n) is 3.14. The number of pyridine rings is 1. The number of hydrogen-bond acceptors (Lipinski definition) is 7. The number of benzene rings is 1. The van der Waals surface area contributed by atoms with Crippen LogP contribution in [0.5, 0.6) is 0 Å². The van der Waals surface area contributed by atoms with Crippen LogP contribution in [0.4, 0.5) is 0 Å². The molecule has 0 radical (unpaired) electrons. The van der Waals surface area contributed by atoms with Crippen LogP contribution in [0, 0.1) is 0 Å². The minimum atomic E-state index is 0.0820. The molecule has 29 heavy (non-hydrogen) atoms. The quantitative estimate of drug-likeness (QED) is 0.557. The molecule has 7 nitrogen and oxygen atoms in total. The minimum absolute atomic E-state index is 0.0820. The molecule has 1 fully saturated rings. The van der Waals surface area contributed by atoms with E-state index in [1.54, 1.807) is 12.4 Å². The highest BCUT2D eigenvalue weighted by Gasteiger charge is 2.22. The average Bonchev–Trinajstić information content (AvgIpc) is 3.22. The van der Waals surface area contributed by atoms with Gasteiger partial charge in [0.05, 0.1) is 11.3 Å². The predicted molar refractivity (Wildman–Crippen MR) is 112 cm³/mol. The van der Waals surface area contributed by atoms with Crippen molar-refractivity contribution in [1.82, 2.24) is 25.0 Å². The van der Waals surface area contributed by atoms with Crippen molar-refractivity contribution in [2.24, 2.45) is 0 Å². The molecule has 0 aliphatic carbocycles. The number of carbonyl (C=O) groups excluding carboxylic acids is 1. The van der Waals surface area contributed by atoms with Crippen LogP contribution in [0.15, 0.2) is 58.4 Å². The van der Waals surface area contributed by atoms with Gasteiger partial charge in [-0.15, -0.1) is 10.2 Å². The van der Waals surface area contributed by atoms with Gasteiger partial charge in [-0.25, -0.2) is 0 Å². The van der Waals surface area contributed by atoms with Gasteiger partial charge in [-0.1, -0.05) is 35.5 Å². The van der Waals surface area contributed by atoms with Gasteiger partial charge >= 0.3 is 0 Å². The topological polar surface area (TPSA) is 75.4 Å². The lowest BCUT2D eigenvalue weighted by atomic mass is 10.2. The zero-order chi connectivity index (χ0) is 20.1. The van der Waals surface area contributed by atoms with Gasteiger partial charge in [0.2, 0.25) is 11.8 Å². The Bertz CT molecular complexity index is 960. The Labute approximate surface area is 178 Å². The molecule has 0 N–H and O–H groups in total. The molecule has 3 heterocycles. The molecule has 1 aliphatic rings. The van der Waals surface area contributed by atoms with Gasteiger partial charge in [0.25, 0.3) is 5.22 Å². The van der Waals surface area contributed by atoms with Gasteiger partial charge in [-0.3, -0.25) is 14.7 Å². The fraction of sp³-hybridized carbons (Fsp3) is 0.300. The van der Waals surface area contributed by atoms with Crippen molar-refractivity contribution >= 4 is 29.3 Å². The van der Waals surface area contributed by atoms with Crippen molar-refractivity contribution in [3.05, 3.63) is 59.4 Å². The molecule has 3 aromatic rings. The van der Waals surface area contributed by atoms with E-state index in [4.69, 9.17) is 16.0 Å². The maximum atomic E-state index is 12.5. The normalized spacial score (nSPS) is 14.9. The molecular weight excluding hydrogens is 410 g/mol. The Morgan fingerprint density at radius 2 is 2.00 bits per heavy atom. The van der Waals surface area contributed by atoms with Gasteiger partial charge in [-0.05, 0) is 29.8 Å². The van der Waals surface area contributed by atoms with Crippen LogP contribution in [0.25, 0.3) is 11.5 Å². The van der Waals surface area contributed by atoms with Crippen LogP contribution in [0.1, 0.15) is 5.56 Å². The summed E-state index contributed by atoms with van der Waals surface area (Å²) in [6.45, 7) is 3.95. The van der Waals surface area contributed by atoms with E-state index in [2.05, 4.69) is 26.1 Å². The van der Waals surface area contributed by atoms with E-state index in [9.17, 15) is 4.79 Å². The summed E-state index contributed by atoms with van der Waals surface area (Å²) >= 11 is 7.32. The summed E-state index contributed by atoms with van der Waals surface area (Å²) in [5.74, 6) is 0.768. The number of amides is 1. The SMILES string of the molecule is O=C(CSc1nnc(-c2cccnc2)o1)N1CCN(Cc2cccc(Cl)c2)CC1. The third-order valence-electron chi connectivity index (χ3n) is 4.65. The average molecular weight is 430 g/mol. The molecule has 0 atom stereocenters. The Kier molecular flexibility index (Phi) is 6.43. The maximum absolute atomic E-state index is 12.5. The first-order valence-electron chi connectivity index (χ1n) is 9.29. The maximum Gasteiger partial charge on any atom is 0.277 e. The number of carbonyl (C=O) groups is 1. The van der Waals surface area contributed by atoms with Gasteiger partial charge < -0.3 is 9.32 Å². The second kappa shape index (κ2) is 9.39. The molecule has 0 saturated carbocycles. The van der Waals surface area contributed by atoms with Gasteiger partial charge in [-0.2, -0.15) is 0 Å². The molecule has 150 valence electrons. The van der Waals surface area contributed by atoms with E-state index < -0.39 is 0 Å². The third-order valence-corrected chi connectivity index (χ3v) is 5.69. The number of halogens is 1. The predicted octanol–water partition coefficient (Wildman–Crippen LogP) is 3.22. The van der Waals surface area contributed by atoms with E-state index in [0.29, 0.717) is 24.2 Å². The molecule has 1 saturated heterocycles. The second-order valence-corrected chi connectivity index (χ2v) is 8.05. The summed E-state index contributed by atoms with van der Waals surface area (Å²) in [7, 11) is 0. The number of piperazine rings is 1. The molecule has 4 rings (SSSR count). The summed E-state index contributed by atoms with van der Waals surface area (Å²) in [6, 6.07) is 11.6. The van der Waals surface area contributed by atoms with E-state index in [1.165, 1.54) is 17.3 Å². The first-order chi connectivity index (χ1) is 14.2. The molecular formula is C20H20ClN5O2S. The summed E-state index contributed by atoms with van der Waals surface area (Å²) in [5.41, 5.74) is 1.95. The zero-order valence-corrected chi connectivity index (χ0v) is 17.3. The number of rotatable bonds is 6.